The number of pyridine rings is 1. The highest BCUT2D eigenvalue weighted by Crippen LogP contribution is 2.29. The molecule has 1 heterocycles. The van der Waals surface area contributed by atoms with E-state index in [2.05, 4.69) is 17.2 Å². The average molecular weight is 236 g/mol. The van der Waals surface area contributed by atoms with Gasteiger partial charge >= 0.3 is 0 Å². The van der Waals surface area contributed by atoms with Crippen molar-refractivity contribution in [2.24, 2.45) is 0 Å². The van der Waals surface area contributed by atoms with Crippen LogP contribution in [-0.2, 0) is 4.74 Å². The fourth-order valence-corrected chi connectivity index (χ4v) is 2.23. The Balaban J connectivity index is 1.95. The lowest BCUT2D eigenvalue weighted by Crippen LogP contribution is -2.60. The van der Waals surface area contributed by atoms with Gasteiger partial charge in [0.15, 0.2) is 0 Å². The Morgan fingerprint density at radius 2 is 2.35 bits per heavy atom. The van der Waals surface area contributed by atoms with E-state index >= 15 is 0 Å². The molecule has 1 fully saturated rings. The first-order valence-corrected chi connectivity index (χ1v) is 6.10. The number of aryl methyl sites for hydroxylation is 1. The van der Waals surface area contributed by atoms with Crippen LogP contribution in [0.5, 0.6) is 5.75 Å². The second-order valence-corrected chi connectivity index (χ2v) is 4.34. The molecule has 2 rings (SSSR count). The highest BCUT2D eigenvalue weighted by Gasteiger charge is 2.42. The summed E-state index contributed by atoms with van der Waals surface area (Å²) in [5.41, 5.74) is 0.925. The van der Waals surface area contributed by atoms with Crippen LogP contribution < -0.4 is 10.1 Å². The van der Waals surface area contributed by atoms with Gasteiger partial charge in [-0.15, -0.1) is 0 Å². The van der Waals surface area contributed by atoms with Gasteiger partial charge in [-0.25, -0.2) is 0 Å². The summed E-state index contributed by atoms with van der Waals surface area (Å²) in [5, 5.41) is 3.39. The third-order valence-electron chi connectivity index (χ3n) is 3.22. The number of hydrogen-bond donors (Lipinski definition) is 1. The Morgan fingerprint density at radius 3 is 3.00 bits per heavy atom. The van der Waals surface area contributed by atoms with E-state index < -0.39 is 0 Å². The number of hydrogen-bond acceptors (Lipinski definition) is 4. The summed E-state index contributed by atoms with van der Waals surface area (Å²) in [7, 11) is 1.74. The molecule has 1 saturated carbocycles. The van der Waals surface area contributed by atoms with E-state index in [0.717, 1.165) is 24.4 Å². The van der Waals surface area contributed by atoms with Crippen LogP contribution in [0.1, 0.15) is 19.0 Å². The van der Waals surface area contributed by atoms with Crippen LogP contribution in [0.3, 0.4) is 0 Å². The molecule has 1 aromatic heterocycles. The first kappa shape index (κ1) is 12.3. The molecule has 1 aliphatic rings. The maximum absolute atomic E-state index is 5.93. The predicted molar refractivity (Wildman–Crippen MR) is 66.3 cm³/mol. The summed E-state index contributed by atoms with van der Waals surface area (Å²) in [5.74, 6) is 0.856. The molecule has 0 amide bonds. The smallest absolute Gasteiger partial charge is 0.141 e. The molecule has 17 heavy (non-hydrogen) atoms. The lowest BCUT2D eigenvalue weighted by Gasteiger charge is -2.43. The van der Waals surface area contributed by atoms with Gasteiger partial charge in [0.1, 0.15) is 18.0 Å². The molecule has 1 aliphatic carbocycles. The van der Waals surface area contributed by atoms with Crippen LogP contribution in [0.25, 0.3) is 0 Å². The van der Waals surface area contributed by atoms with Crippen molar-refractivity contribution in [2.45, 2.75) is 38.5 Å². The Kier molecular flexibility index (Phi) is 3.97. The molecule has 3 atom stereocenters. The van der Waals surface area contributed by atoms with E-state index in [1.165, 1.54) is 0 Å². The second kappa shape index (κ2) is 5.47. The fraction of sp³-hybridized carbons (Fsp3) is 0.615. The minimum atomic E-state index is 0.131. The molecule has 3 unspecified atom stereocenters. The maximum atomic E-state index is 5.93. The van der Waals surface area contributed by atoms with Gasteiger partial charge in [-0.05, 0) is 25.6 Å². The van der Waals surface area contributed by atoms with E-state index in [1.807, 2.05) is 19.1 Å². The minimum Gasteiger partial charge on any atom is -0.486 e. The van der Waals surface area contributed by atoms with Crippen LogP contribution in [-0.4, -0.2) is 36.9 Å². The van der Waals surface area contributed by atoms with Gasteiger partial charge < -0.3 is 14.8 Å². The van der Waals surface area contributed by atoms with Crippen LogP contribution >= 0.6 is 0 Å². The zero-order chi connectivity index (χ0) is 12.3. The summed E-state index contributed by atoms with van der Waals surface area (Å²) in [6.45, 7) is 5.02. The molecule has 0 aromatic carbocycles. The van der Waals surface area contributed by atoms with E-state index in [-0.39, 0.29) is 12.2 Å². The van der Waals surface area contributed by atoms with E-state index in [9.17, 15) is 0 Å². The molecule has 4 heteroatoms. The summed E-state index contributed by atoms with van der Waals surface area (Å²) in [4.78, 5) is 4.22. The van der Waals surface area contributed by atoms with Crippen LogP contribution in [0.2, 0.25) is 0 Å². The molecular formula is C13H20N2O2. The van der Waals surface area contributed by atoms with Crippen molar-refractivity contribution in [1.82, 2.24) is 10.3 Å². The quantitative estimate of drug-likeness (QED) is 0.842. The summed E-state index contributed by atoms with van der Waals surface area (Å²) < 4.78 is 11.4. The van der Waals surface area contributed by atoms with Gasteiger partial charge in [-0.2, -0.15) is 0 Å². The zero-order valence-corrected chi connectivity index (χ0v) is 10.6. The normalized spacial score (nSPS) is 27.6. The van der Waals surface area contributed by atoms with E-state index in [4.69, 9.17) is 9.47 Å². The van der Waals surface area contributed by atoms with Crippen molar-refractivity contribution >= 4 is 0 Å². The van der Waals surface area contributed by atoms with E-state index in [0.29, 0.717) is 6.04 Å². The van der Waals surface area contributed by atoms with Gasteiger partial charge in [0.2, 0.25) is 0 Å². The molecule has 0 bridgehead atoms. The molecule has 4 nitrogen and oxygen atoms in total. The summed E-state index contributed by atoms with van der Waals surface area (Å²) in [6, 6.07) is 4.26. The largest absolute Gasteiger partial charge is 0.486 e. The predicted octanol–water partition coefficient (Wildman–Crippen LogP) is 1.53. The zero-order valence-electron chi connectivity index (χ0n) is 10.6. The highest BCUT2D eigenvalue weighted by atomic mass is 16.5. The first-order chi connectivity index (χ1) is 8.26. The SMILES string of the molecule is CCNC1CC(Oc2cccnc2C)C1OC. The van der Waals surface area contributed by atoms with Gasteiger partial charge in [0.25, 0.3) is 0 Å². The third-order valence-corrected chi connectivity index (χ3v) is 3.22. The molecule has 94 valence electrons. The van der Waals surface area contributed by atoms with Gasteiger partial charge in [-0.1, -0.05) is 6.92 Å². The lowest BCUT2D eigenvalue weighted by molar-refractivity contribution is -0.0887. The monoisotopic (exact) mass is 236 g/mol. The number of aromatic nitrogens is 1. The van der Waals surface area contributed by atoms with Crippen LogP contribution in [0.15, 0.2) is 18.3 Å². The van der Waals surface area contributed by atoms with Gasteiger partial charge in [-0.3, -0.25) is 4.98 Å². The third kappa shape index (κ3) is 2.58. The van der Waals surface area contributed by atoms with Crippen molar-refractivity contribution in [2.75, 3.05) is 13.7 Å². The number of nitrogens with one attached hydrogen (secondary N) is 1. The minimum absolute atomic E-state index is 0.131. The topological polar surface area (TPSA) is 43.4 Å². The Bertz CT molecular complexity index is 370. The molecule has 0 spiro atoms. The lowest BCUT2D eigenvalue weighted by atomic mass is 9.85. The van der Waals surface area contributed by atoms with Crippen LogP contribution in [0.4, 0.5) is 0 Å². The summed E-state index contributed by atoms with van der Waals surface area (Å²) in [6.07, 6.45) is 3.03. The summed E-state index contributed by atoms with van der Waals surface area (Å²) >= 11 is 0. The van der Waals surface area contributed by atoms with Gasteiger partial charge in [0.05, 0.1) is 5.69 Å². The first-order valence-electron chi connectivity index (χ1n) is 6.10. The Labute approximate surface area is 102 Å². The molecule has 0 aliphatic heterocycles. The number of rotatable bonds is 5. The van der Waals surface area contributed by atoms with Crippen molar-refractivity contribution < 1.29 is 9.47 Å². The maximum Gasteiger partial charge on any atom is 0.141 e. The van der Waals surface area contributed by atoms with Crippen molar-refractivity contribution in [3.63, 3.8) is 0 Å². The van der Waals surface area contributed by atoms with Gasteiger partial charge in [0, 0.05) is 25.8 Å². The van der Waals surface area contributed by atoms with E-state index in [1.54, 1.807) is 13.3 Å². The van der Waals surface area contributed by atoms with Crippen molar-refractivity contribution in [3.8, 4) is 5.75 Å². The Hall–Kier alpha value is -1.13. The van der Waals surface area contributed by atoms with Crippen molar-refractivity contribution in [3.05, 3.63) is 24.0 Å². The number of ether oxygens (including phenoxy) is 2. The van der Waals surface area contributed by atoms with Crippen molar-refractivity contribution in [1.29, 1.82) is 0 Å². The fourth-order valence-electron chi connectivity index (χ4n) is 2.23. The molecule has 0 radical (unpaired) electrons. The molecule has 0 saturated heterocycles. The molecule has 1 aromatic rings. The number of nitrogens with zero attached hydrogens (tertiary/aromatic N) is 1. The average Bonchev–Trinajstić information content (AvgIpc) is 2.30. The molecule has 1 N–H and O–H groups in total. The van der Waals surface area contributed by atoms with Crippen LogP contribution in [0, 0.1) is 6.92 Å². The Morgan fingerprint density at radius 1 is 1.53 bits per heavy atom. The standard InChI is InChI=1S/C13H20N2O2/c1-4-14-10-8-12(13(10)16-3)17-11-6-5-7-15-9(11)2/h5-7,10,12-14H,4,8H2,1-3H3. The molecular weight excluding hydrogens is 216 g/mol. The number of methoxy groups -OCH3 is 1. The highest BCUT2D eigenvalue weighted by molar-refractivity contribution is 5.26. The number of likely N-dealkylation sites (N-methyl/N-ethyl adjacent to an activating group) is 1. The second-order valence-electron chi connectivity index (χ2n) is 4.34.